The third kappa shape index (κ3) is 5.85. The number of hydrogen-bond donors (Lipinski definition) is 1. The number of nitrogens with two attached hydrogens (primary N) is 1. The fraction of sp³-hybridized carbons (Fsp3) is 0.538. The maximum absolute atomic E-state index is 13.3. The minimum atomic E-state index is -0.107. The molecular weight excluding hydrogens is 430 g/mol. The number of ketones is 1. The van der Waals surface area contributed by atoms with Crippen LogP contribution < -0.4 is 19.9 Å². The third-order valence-electron chi connectivity index (χ3n) is 6.06. The second-order valence-electron chi connectivity index (χ2n) is 10.2. The number of rotatable bonds is 11. The van der Waals surface area contributed by atoms with Crippen molar-refractivity contribution in [1.29, 1.82) is 0 Å². The first-order valence-corrected chi connectivity index (χ1v) is 12.2. The Morgan fingerprint density at radius 3 is 2.68 bits per heavy atom. The van der Waals surface area contributed by atoms with E-state index in [1.54, 1.807) is 10.7 Å². The summed E-state index contributed by atoms with van der Waals surface area (Å²) in [6, 6.07) is 9.45. The number of anilines is 1. The number of carbonyl (C=O) groups excluding carboxylic acids is 1. The quantitative estimate of drug-likeness (QED) is 0.259. The highest BCUT2D eigenvalue weighted by Crippen LogP contribution is 2.32. The van der Waals surface area contributed by atoms with E-state index in [2.05, 4.69) is 37.9 Å². The summed E-state index contributed by atoms with van der Waals surface area (Å²) in [5, 5.41) is 8.79. The van der Waals surface area contributed by atoms with Crippen molar-refractivity contribution in [3.8, 4) is 11.6 Å². The third-order valence-corrected chi connectivity index (χ3v) is 6.06. The molecule has 0 unspecified atom stereocenters. The molecule has 0 saturated heterocycles. The maximum Gasteiger partial charge on any atom is 0.355 e. The Balaban J connectivity index is 1.54. The van der Waals surface area contributed by atoms with Crippen LogP contribution in [-0.4, -0.2) is 33.7 Å². The van der Waals surface area contributed by atoms with Crippen molar-refractivity contribution in [3.05, 3.63) is 41.5 Å². The van der Waals surface area contributed by atoms with Crippen LogP contribution >= 0.6 is 0 Å². The number of fused-ring (bicyclic) bond motifs is 1. The summed E-state index contributed by atoms with van der Waals surface area (Å²) in [5.41, 5.74) is 8.29. The average molecular weight is 467 g/mol. The standard InChI is InChI=1S/C26H36N5O3/c1-5-6-7-12-33-23-10-11-24-30(29-25(27)31(24)28-23)16-22(32)19-13-20(26(2,3)4)15-21(14-19)34-17-18-8-9-18/h10-11,13-15,18H,5-9,12,16-17H2,1-4H3,(H2,27,29)/q+1. The predicted octanol–water partition coefficient (Wildman–Crippen LogP) is 4.14. The zero-order valence-electron chi connectivity index (χ0n) is 20.7. The molecule has 0 amide bonds. The van der Waals surface area contributed by atoms with Crippen LogP contribution in [0, 0.1) is 5.92 Å². The Labute approximate surface area is 201 Å². The van der Waals surface area contributed by atoms with Crippen LogP contribution in [-0.2, 0) is 12.0 Å². The number of hydrogen-bond acceptors (Lipinski definition) is 6. The van der Waals surface area contributed by atoms with Gasteiger partial charge in [-0.1, -0.05) is 45.1 Å². The second kappa shape index (κ2) is 9.99. The van der Waals surface area contributed by atoms with Gasteiger partial charge in [0.1, 0.15) is 5.75 Å². The molecule has 4 rings (SSSR count). The van der Waals surface area contributed by atoms with Gasteiger partial charge in [0.25, 0.3) is 5.88 Å². The molecule has 1 aromatic carbocycles. The molecule has 34 heavy (non-hydrogen) atoms. The summed E-state index contributed by atoms with van der Waals surface area (Å²) in [7, 11) is 0. The molecule has 0 radical (unpaired) electrons. The summed E-state index contributed by atoms with van der Waals surface area (Å²) in [4.78, 5) is 13.3. The van der Waals surface area contributed by atoms with E-state index in [4.69, 9.17) is 15.2 Å². The second-order valence-corrected chi connectivity index (χ2v) is 10.2. The lowest BCUT2D eigenvalue weighted by molar-refractivity contribution is -0.714. The van der Waals surface area contributed by atoms with Crippen molar-refractivity contribution in [2.24, 2.45) is 5.92 Å². The minimum absolute atomic E-state index is 0.0503. The van der Waals surface area contributed by atoms with Gasteiger partial charge in [-0.05, 0) is 64.6 Å². The van der Waals surface area contributed by atoms with Crippen LogP contribution in [0.1, 0.15) is 75.7 Å². The van der Waals surface area contributed by atoms with Gasteiger partial charge in [0.15, 0.2) is 6.54 Å². The largest absolute Gasteiger partial charge is 0.493 e. The Kier molecular flexibility index (Phi) is 7.05. The van der Waals surface area contributed by atoms with E-state index >= 15 is 0 Å². The molecule has 1 aliphatic rings. The monoisotopic (exact) mass is 466 g/mol. The highest BCUT2D eigenvalue weighted by atomic mass is 16.5. The number of unbranched alkanes of at least 4 members (excludes halogenated alkanes) is 2. The van der Waals surface area contributed by atoms with Crippen molar-refractivity contribution in [1.82, 2.24) is 14.7 Å². The van der Waals surface area contributed by atoms with E-state index < -0.39 is 0 Å². The SMILES string of the molecule is CCCCCOc1ccc2n(n1)c(N)n[n+]2CC(=O)c1cc(OCC2CC2)cc(C(C)(C)C)c1. The molecule has 2 N–H and O–H groups in total. The van der Waals surface area contributed by atoms with Crippen molar-refractivity contribution in [2.75, 3.05) is 18.9 Å². The first kappa shape index (κ1) is 24.0. The number of nitrogens with zero attached hydrogens (tertiary/aromatic N) is 4. The smallest absolute Gasteiger partial charge is 0.355 e. The molecule has 2 aromatic heterocycles. The fourth-order valence-corrected chi connectivity index (χ4v) is 3.71. The van der Waals surface area contributed by atoms with Crippen molar-refractivity contribution in [3.63, 3.8) is 0 Å². The van der Waals surface area contributed by atoms with E-state index in [0.29, 0.717) is 36.2 Å². The average Bonchev–Trinajstić information content (AvgIpc) is 3.59. The number of ether oxygens (including phenoxy) is 2. The number of carbonyl (C=O) groups is 1. The van der Waals surface area contributed by atoms with E-state index in [9.17, 15) is 4.79 Å². The van der Waals surface area contributed by atoms with E-state index in [1.807, 2.05) is 24.3 Å². The van der Waals surface area contributed by atoms with Crippen LogP contribution in [0.4, 0.5) is 5.95 Å². The van der Waals surface area contributed by atoms with Gasteiger partial charge in [0, 0.05) is 17.7 Å². The summed E-state index contributed by atoms with van der Waals surface area (Å²) < 4.78 is 14.8. The summed E-state index contributed by atoms with van der Waals surface area (Å²) in [6.45, 7) is 9.90. The van der Waals surface area contributed by atoms with Gasteiger partial charge in [0.05, 0.1) is 13.2 Å². The van der Waals surface area contributed by atoms with Crippen LogP contribution in [0.15, 0.2) is 30.3 Å². The van der Waals surface area contributed by atoms with Gasteiger partial charge in [-0.25, -0.2) is 0 Å². The molecule has 8 nitrogen and oxygen atoms in total. The van der Waals surface area contributed by atoms with Crippen molar-refractivity contribution >= 4 is 17.4 Å². The van der Waals surface area contributed by atoms with E-state index in [-0.39, 0.29) is 23.7 Å². The number of Topliss-reactive ketones (excluding diaryl/α,β-unsaturated/α-hetero) is 1. The maximum atomic E-state index is 13.3. The van der Waals surface area contributed by atoms with Gasteiger partial charge < -0.3 is 15.2 Å². The first-order valence-electron chi connectivity index (χ1n) is 12.2. The molecule has 1 fully saturated rings. The molecule has 2 heterocycles. The molecule has 0 atom stereocenters. The van der Waals surface area contributed by atoms with Gasteiger partial charge in [-0.3, -0.25) is 4.79 Å². The summed E-state index contributed by atoms with van der Waals surface area (Å²) >= 11 is 0. The molecule has 0 spiro atoms. The zero-order chi connectivity index (χ0) is 24.3. The molecule has 1 aliphatic carbocycles. The first-order chi connectivity index (χ1) is 16.2. The van der Waals surface area contributed by atoms with Gasteiger partial charge >= 0.3 is 11.6 Å². The zero-order valence-corrected chi connectivity index (χ0v) is 20.7. The van der Waals surface area contributed by atoms with E-state index in [0.717, 1.165) is 30.6 Å². The summed E-state index contributed by atoms with van der Waals surface area (Å²) in [5.74, 6) is 2.02. The van der Waals surface area contributed by atoms with Crippen LogP contribution in [0.3, 0.4) is 0 Å². The lowest BCUT2D eigenvalue weighted by atomic mass is 9.85. The molecule has 3 aromatic rings. The Morgan fingerprint density at radius 1 is 1.18 bits per heavy atom. The van der Waals surface area contributed by atoms with Crippen LogP contribution in [0.25, 0.3) is 5.65 Å². The number of benzene rings is 1. The fourth-order valence-electron chi connectivity index (χ4n) is 3.71. The molecule has 0 aliphatic heterocycles. The Bertz CT molecular complexity index is 1160. The van der Waals surface area contributed by atoms with Gasteiger partial charge in [-0.2, -0.15) is 0 Å². The molecule has 0 bridgehead atoms. The lowest BCUT2D eigenvalue weighted by Gasteiger charge is -2.21. The van der Waals surface area contributed by atoms with Crippen LogP contribution in [0.2, 0.25) is 0 Å². The molecule has 182 valence electrons. The van der Waals surface area contributed by atoms with Gasteiger partial charge in [-0.15, -0.1) is 4.68 Å². The minimum Gasteiger partial charge on any atom is -0.493 e. The molecule has 1 saturated carbocycles. The van der Waals surface area contributed by atoms with Gasteiger partial charge in [0.2, 0.25) is 5.78 Å². The highest BCUT2D eigenvalue weighted by Gasteiger charge is 2.25. The van der Waals surface area contributed by atoms with E-state index in [1.165, 1.54) is 17.4 Å². The van der Waals surface area contributed by atoms with Crippen LogP contribution in [0.5, 0.6) is 11.6 Å². The highest BCUT2D eigenvalue weighted by molar-refractivity contribution is 5.95. The molecule has 8 heteroatoms. The van der Waals surface area contributed by atoms with Crippen molar-refractivity contribution in [2.45, 2.75) is 71.8 Å². The lowest BCUT2D eigenvalue weighted by Crippen LogP contribution is -2.40. The Morgan fingerprint density at radius 2 is 1.97 bits per heavy atom. The Hall–Kier alpha value is -3.16. The molecular formula is C26H36N5O3+. The number of nitrogen functional groups attached to an aromatic ring is 1. The topological polar surface area (TPSA) is 95.6 Å². The number of aromatic nitrogens is 4. The predicted molar refractivity (Wildman–Crippen MR) is 130 cm³/mol. The normalized spacial score (nSPS) is 13.9. The summed E-state index contributed by atoms with van der Waals surface area (Å²) in [6.07, 6.45) is 5.65. The van der Waals surface area contributed by atoms with Crippen molar-refractivity contribution < 1.29 is 19.0 Å².